The van der Waals surface area contributed by atoms with E-state index in [1.165, 1.54) is 0 Å². The molecule has 1 aliphatic heterocycles. The fourth-order valence-corrected chi connectivity index (χ4v) is 3.78. The predicted octanol–water partition coefficient (Wildman–Crippen LogP) is 2.67. The number of piperidine rings is 1. The SMILES string of the molecule is CCCc1c(C(=O)NC2CCN(c3ncccn3)CC2)[nH]c(C)c1C(C)=O. The Balaban J connectivity index is 1.66. The van der Waals surface area contributed by atoms with E-state index in [0.29, 0.717) is 17.7 Å². The highest BCUT2D eigenvalue weighted by Crippen LogP contribution is 2.22. The molecule has 2 N–H and O–H groups in total. The lowest BCUT2D eigenvalue weighted by Gasteiger charge is -2.32. The summed E-state index contributed by atoms with van der Waals surface area (Å²) in [4.78, 5) is 38.7. The quantitative estimate of drug-likeness (QED) is 0.764. The molecule has 1 aliphatic rings. The first kappa shape index (κ1) is 19.1. The number of rotatable bonds is 6. The number of ketones is 1. The largest absolute Gasteiger partial charge is 0.354 e. The lowest BCUT2D eigenvalue weighted by atomic mass is 10.00. The predicted molar refractivity (Wildman–Crippen MR) is 104 cm³/mol. The smallest absolute Gasteiger partial charge is 0.268 e. The number of carbonyl (C=O) groups is 2. The molecule has 2 aromatic heterocycles. The summed E-state index contributed by atoms with van der Waals surface area (Å²) in [7, 11) is 0. The average molecular weight is 369 g/mol. The minimum absolute atomic E-state index is 0.00224. The summed E-state index contributed by atoms with van der Waals surface area (Å²) >= 11 is 0. The van der Waals surface area contributed by atoms with E-state index in [1.807, 2.05) is 6.92 Å². The van der Waals surface area contributed by atoms with Crippen LogP contribution in [0.2, 0.25) is 0 Å². The molecule has 0 unspecified atom stereocenters. The van der Waals surface area contributed by atoms with Crippen LogP contribution in [0.5, 0.6) is 0 Å². The first-order valence-electron chi connectivity index (χ1n) is 9.56. The third-order valence-corrected chi connectivity index (χ3v) is 5.04. The van der Waals surface area contributed by atoms with Crippen LogP contribution in [0.15, 0.2) is 18.5 Å². The van der Waals surface area contributed by atoms with E-state index in [-0.39, 0.29) is 17.7 Å². The maximum Gasteiger partial charge on any atom is 0.268 e. The van der Waals surface area contributed by atoms with Gasteiger partial charge in [0.15, 0.2) is 5.78 Å². The summed E-state index contributed by atoms with van der Waals surface area (Å²) in [5.74, 6) is 0.615. The number of nitrogens with one attached hydrogen (secondary N) is 2. The second-order valence-corrected chi connectivity index (χ2v) is 7.07. The number of aromatic nitrogens is 3. The zero-order valence-electron chi connectivity index (χ0n) is 16.2. The molecule has 1 saturated heterocycles. The Morgan fingerprint density at radius 2 is 1.93 bits per heavy atom. The number of anilines is 1. The van der Waals surface area contributed by atoms with Crippen LogP contribution in [0.1, 0.15) is 65.2 Å². The molecular weight excluding hydrogens is 342 g/mol. The molecule has 0 bridgehead atoms. The normalized spacial score (nSPS) is 15.0. The minimum atomic E-state index is -0.122. The van der Waals surface area contributed by atoms with Gasteiger partial charge in [0, 0.05) is 42.8 Å². The van der Waals surface area contributed by atoms with E-state index in [9.17, 15) is 9.59 Å². The standard InChI is InChI=1S/C20H27N5O2/c1-4-6-16-17(14(3)26)13(2)23-18(16)19(27)24-15-7-11-25(12-8-15)20-21-9-5-10-22-20/h5,9-10,15,23H,4,6-8,11-12H2,1-3H3,(H,24,27). The van der Waals surface area contributed by atoms with E-state index in [1.54, 1.807) is 25.4 Å². The maximum absolute atomic E-state index is 12.9. The van der Waals surface area contributed by atoms with E-state index >= 15 is 0 Å². The number of aromatic amines is 1. The van der Waals surface area contributed by atoms with Crippen molar-refractivity contribution < 1.29 is 9.59 Å². The summed E-state index contributed by atoms with van der Waals surface area (Å²) in [6.07, 6.45) is 6.76. The topological polar surface area (TPSA) is 91.0 Å². The van der Waals surface area contributed by atoms with Gasteiger partial charge >= 0.3 is 0 Å². The molecule has 2 aromatic rings. The zero-order valence-corrected chi connectivity index (χ0v) is 16.2. The van der Waals surface area contributed by atoms with Crippen molar-refractivity contribution in [1.29, 1.82) is 0 Å². The lowest BCUT2D eigenvalue weighted by molar-refractivity contribution is 0.0925. The van der Waals surface area contributed by atoms with Crippen LogP contribution >= 0.6 is 0 Å². The van der Waals surface area contributed by atoms with Crippen molar-refractivity contribution in [3.63, 3.8) is 0 Å². The molecule has 0 spiro atoms. The zero-order chi connectivity index (χ0) is 19.4. The molecule has 27 heavy (non-hydrogen) atoms. The molecule has 7 nitrogen and oxygen atoms in total. The third-order valence-electron chi connectivity index (χ3n) is 5.04. The van der Waals surface area contributed by atoms with Gasteiger partial charge in [-0.25, -0.2) is 9.97 Å². The van der Waals surface area contributed by atoms with Crippen molar-refractivity contribution in [2.75, 3.05) is 18.0 Å². The highest BCUT2D eigenvalue weighted by molar-refractivity contribution is 6.02. The summed E-state index contributed by atoms with van der Waals surface area (Å²) in [5, 5.41) is 3.14. The Kier molecular flexibility index (Phi) is 5.88. The van der Waals surface area contributed by atoms with Crippen LogP contribution in [0.3, 0.4) is 0 Å². The van der Waals surface area contributed by atoms with Gasteiger partial charge in [0.1, 0.15) is 5.69 Å². The summed E-state index contributed by atoms with van der Waals surface area (Å²) in [6.45, 7) is 7.07. The number of nitrogens with zero attached hydrogens (tertiary/aromatic N) is 3. The number of Topliss-reactive ketones (excluding diaryl/α,β-unsaturated/α-hetero) is 1. The van der Waals surface area contributed by atoms with Crippen LogP contribution in [0.4, 0.5) is 5.95 Å². The molecule has 0 atom stereocenters. The van der Waals surface area contributed by atoms with Crippen molar-refractivity contribution in [1.82, 2.24) is 20.3 Å². The second kappa shape index (κ2) is 8.33. The molecule has 0 saturated carbocycles. The number of aryl methyl sites for hydroxylation is 1. The Hall–Kier alpha value is -2.70. The van der Waals surface area contributed by atoms with Crippen molar-refractivity contribution in [3.05, 3.63) is 41.0 Å². The summed E-state index contributed by atoms with van der Waals surface area (Å²) in [5.41, 5.74) is 2.81. The number of carbonyl (C=O) groups excluding carboxylic acids is 2. The number of amides is 1. The minimum Gasteiger partial charge on any atom is -0.354 e. The molecule has 0 aromatic carbocycles. The van der Waals surface area contributed by atoms with Crippen LogP contribution < -0.4 is 10.2 Å². The highest BCUT2D eigenvalue weighted by atomic mass is 16.2. The van der Waals surface area contributed by atoms with E-state index < -0.39 is 0 Å². The van der Waals surface area contributed by atoms with Crippen LogP contribution in [-0.4, -0.2) is 45.8 Å². The Bertz CT molecular complexity index is 807. The van der Waals surface area contributed by atoms with Gasteiger partial charge in [0.05, 0.1) is 0 Å². The van der Waals surface area contributed by atoms with Crippen molar-refractivity contribution in [3.8, 4) is 0 Å². The molecular formula is C20H27N5O2. The fraction of sp³-hybridized carbons (Fsp3) is 0.500. The van der Waals surface area contributed by atoms with E-state index in [2.05, 4.69) is 32.1 Å². The van der Waals surface area contributed by atoms with Gasteiger partial charge in [0.2, 0.25) is 5.95 Å². The Morgan fingerprint density at radius 1 is 1.26 bits per heavy atom. The van der Waals surface area contributed by atoms with E-state index in [0.717, 1.165) is 49.6 Å². The number of hydrogen-bond donors (Lipinski definition) is 2. The highest BCUT2D eigenvalue weighted by Gasteiger charge is 2.26. The molecule has 0 aliphatic carbocycles. The molecule has 0 radical (unpaired) electrons. The third kappa shape index (κ3) is 4.18. The molecule has 1 fully saturated rings. The average Bonchev–Trinajstić information content (AvgIpc) is 3.00. The maximum atomic E-state index is 12.9. The van der Waals surface area contributed by atoms with E-state index in [4.69, 9.17) is 0 Å². The van der Waals surface area contributed by atoms with Crippen LogP contribution in [-0.2, 0) is 6.42 Å². The monoisotopic (exact) mass is 369 g/mol. The molecule has 7 heteroatoms. The molecule has 144 valence electrons. The Morgan fingerprint density at radius 3 is 2.52 bits per heavy atom. The van der Waals surface area contributed by atoms with Gasteiger partial charge in [-0.15, -0.1) is 0 Å². The summed E-state index contributed by atoms with van der Waals surface area (Å²) < 4.78 is 0. The van der Waals surface area contributed by atoms with Gasteiger partial charge in [-0.3, -0.25) is 9.59 Å². The fourth-order valence-electron chi connectivity index (χ4n) is 3.78. The van der Waals surface area contributed by atoms with Gasteiger partial charge in [-0.05, 0) is 44.7 Å². The first-order valence-corrected chi connectivity index (χ1v) is 9.56. The van der Waals surface area contributed by atoms with Gasteiger partial charge in [-0.2, -0.15) is 0 Å². The van der Waals surface area contributed by atoms with Crippen LogP contribution in [0, 0.1) is 6.92 Å². The van der Waals surface area contributed by atoms with Gasteiger partial charge in [-0.1, -0.05) is 13.3 Å². The van der Waals surface area contributed by atoms with Gasteiger partial charge < -0.3 is 15.2 Å². The molecule has 1 amide bonds. The lowest BCUT2D eigenvalue weighted by Crippen LogP contribution is -2.45. The Labute approximate surface area is 159 Å². The second-order valence-electron chi connectivity index (χ2n) is 7.07. The van der Waals surface area contributed by atoms with Crippen LogP contribution in [0.25, 0.3) is 0 Å². The van der Waals surface area contributed by atoms with Crippen molar-refractivity contribution in [2.24, 2.45) is 0 Å². The van der Waals surface area contributed by atoms with Crippen molar-refractivity contribution in [2.45, 2.75) is 52.5 Å². The summed E-state index contributed by atoms with van der Waals surface area (Å²) in [6, 6.07) is 1.91. The molecule has 3 heterocycles. The van der Waals surface area contributed by atoms with Crippen molar-refractivity contribution >= 4 is 17.6 Å². The number of H-pyrrole nitrogens is 1. The first-order chi connectivity index (χ1) is 13.0. The van der Waals surface area contributed by atoms with Gasteiger partial charge in [0.25, 0.3) is 5.91 Å². The molecule has 3 rings (SSSR count). The number of hydrogen-bond acceptors (Lipinski definition) is 5.